The highest BCUT2D eigenvalue weighted by Crippen LogP contribution is 2.32. The summed E-state index contributed by atoms with van der Waals surface area (Å²) in [6.07, 6.45) is -2.41. The molecule has 174 valence electrons. The molecule has 1 aromatic heterocycles. The molecule has 1 aliphatic heterocycles. The largest absolute Gasteiger partial charge is 0.573 e. The molecule has 1 fully saturated rings. The van der Waals surface area contributed by atoms with Gasteiger partial charge < -0.3 is 20.5 Å². The number of hydrogen-bond donors (Lipinski definition) is 2. The second kappa shape index (κ2) is 9.53. The Morgan fingerprint density at radius 3 is 2.67 bits per heavy atom. The lowest BCUT2D eigenvalue weighted by Gasteiger charge is -2.24. The average Bonchev–Trinajstić information content (AvgIpc) is 3.22. The molecule has 1 amide bonds. The monoisotopic (exact) mass is 460 g/mol. The van der Waals surface area contributed by atoms with Crippen molar-refractivity contribution < 1.29 is 27.4 Å². The molecule has 0 spiro atoms. The summed E-state index contributed by atoms with van der Waals surface area (Å²) in [7, 11) is 0. The molecule has 0 radical (unpaired) electrons. The number of aromatic nitrogens is 2. The first-order valence-electron chi connectivity index (χ1n) is 10.5. The number of nitrogen functional groups attached to an aromatic ring is 1. The maximum atomic E-state index is 12.7. The van der Waals surface area contributed by atoms with Crippen LogP contribution >= 0.6 is 0 Å². The van der Waals surface area contributed by atoms with Crippen LogP contribution in [0.15, 0.2) is 54.6 Å². The molecule has 0 aliphatic carbocycles. The first kappa shape index (κ1) is 22.7. The van der Waals surface area contributed by atoms with Gasteiger partial charge in [0.05, 0.1) is 23.5 Å². The standard InChI is InChI=1S/C23H23F3N4O3/c24-23(25,26)33-20-10-4-2-8-17(20)22(31)28-14-15-13-19(16-7-1-3-9-18(16)27)30(29-15)21-11-5-6-12-32-21/h1-4,7-10,13,21H,5-6,11-12,14,27H2,(H,28,31). The first-order valence-corrected chi connectivity index (χ1v) is 10.5. The number of rotatable bonds is 6. The topological polar surface area (TPSA) is 91.4 Å². The van der Waals surface area contributed by atoms with Crippen molar-refractivity contribution in [3.8, 4) is 17.0 Å². The van der Waals surface area contributed by atoms with E-state index in [9.17, 15) is 18.0 Å². The number of nitrogens with two attached hydrogens (primary N) is 1. The van der Waals surface area contributed by atoms with Gasteiger partial charge in [0.25, 0.3) is 5.91 Å². The van der Waals surface area contributed by atoms with E-state index in [-0.39, 0.29) is 18.3 Å². The van der Waals surface area contributed by atoms with Crippen LogP contribution in [-0.4, -0.2) is 28.7 Å². The second-order valence-corrected chi connectivity index (χ2v) is 7.60. The lowest BCUT2D eigenvalue weighted by Crippen LogP contribution is -2.26. The maximum Gasteiger partial charge on any atom is 0.573 e. The van der Waals surface area contributed by atoms with Crippen LogP contribution in [0.25, 0.3) is 11.3 Å². The van der Waals surface area contributed by atoms with Crippen molar-refractivity contribution in [1.29, 1.82) is 0 Å². The van der Waals surface area contributed by atoms with E-state index < -0.39 is 18.0 Å². The van der Waals surface area contributed by atoms with Gasteiger partial charge in [0.2, 0.25) is 0 Å². The van der Waals surface area contributed by atoms with E-state index in [1.54, 1.807) is 16.8 Å². The first-order chi connectivity index (χ1) is 15.8. The summed E-state index contributed by atoms with van der Waals surface area (Å²) in [6, 6.07) is 14.3. The zero-order chi connectivity index (χ0) is 23.4. The van der Waals surface area contributed by atoms with Gasteiger partial charge in [-0.05, 0) is 43.5 Å². The number of amides is 1. The molecule has 1 saturated heterocycles. The van der Waals surface area contributed by atoms with Gasteiger partial charge in [0.15, 0.2) is 6.23 Å². The number of carbonyl (C=O) groups excluding carboxylic acids is 1. The summed E-state index contributed by atoms with van der Waals surface area (Å²) in [6.45, 7) is 0.620. The lowest BCUT2D eigenvalue weighted by atomic mass is 10.1. The summed E-state index contributed by atoms with van der Waals surface area (Å²) in [5, 5.41) is 7.23. The minimum atomic E-state index is -4.90. The zero-order valence-corrected chi connectivity index (χ0v) is 17.6. The Hall–Kier alpha value is -3.53. The van der Waals surface area contributed by atoms with Gasteiger partial charge in [0, 0.05) is 17.9 Å². The minimum Gasteiger partial charge on any atom is -0.405 e. The smallest absolute Gasteiger partial charge is 0.405 e. The number of hydrogen-bond acceptors (Lipinski definition) is 5. The molecule has 2 aromatic carbocycles. The molecule has 7 nitrogen and oxygen atoms in total. The summed E-state index contributed by atoms with van der Waals surface area (Å²) < 4.78 is 49.6. The van der Waals surface area contributed by atoms with Crippen molar-refractivity contribution in [2.24, 2.45) is 0 Å². The molecule has 33 heavy (non-hydrogen) atoms. The maximum absolute atomic E-state index is 12.7. The van der Waals surface area contributed by atoms with Crippen molar-refractivity contribution in [2.75, 3.05) is 12.3 Å². The van der Waals surface area contributed by atoms with Crippen LogP contribution < -0.4 is 15.8 Å². The number of benzene rings is 2. The van der Waals surface area contributed by atoms with Crippen LogP contribution in [-0.2, 0) is 11.3 Å². The predicted octanol–water partition coefficient (Wildman–Crippen LogP) is 4.66. The van der Waals surface area contributed by atoms with Crippen molar-refractivity contribution in [3.63, 3.8) is 0 Å². The second-order valence-electron chi connectivity index (χ2n) is 7.60. The third kappa shape index (κ3) is 5.46. The van der Waals surface area contributed by atoms with E-state index in [1.165, 1.54) is 18.2 Å². The van der Waals surface area contributed by atoms with E-state index in [0.29, 0.717) is 18.0 Å². The molecular formula is C23H23F3N4O3. The number of alkyl halides is 3. The molecule has 1 unspecified atom stereocenters. The van der Waals surface area contributed by atoms with Crippen LogP contribution in [0.1, 0.15) is 41.5 Å². The van der Waals surface area contributed by atoms with Gasteiger partial charge in [0.1, 0.15) is 5.75 Å². The molecule has 3 aromatic rings. The van der Waals surface area contributed by atoms with Crippen molar-refractivity contribution in [3.05, 3.63) is 65.9 Å². The molecule has 3 N–H and O–H groups in total. The molecule has 0 saturated carbocycles. The Bertz CT molecular complexity index is 1120. The molecule has 4 rings (SSSR count). The SMILES string of the molecule is Nc1ccccc1-c1cc(CNC(=O)c2ccccc2OC(F)(F)F)nn1C1CCCCO1. The number of anilines is 1. The number of carbonyl (C=O) groups is 1. The fraction of sp³-hybridized carbons (Fsp3) is 0.304. The van der Waals surface area contributed by atoms with Crippen molar-refractivity contribution >= 4 is 11.6 Å². The Balaban J connectivity index is 1.57. The highest BCUT2D eigenvalue weighted by atomic mass is 19.4. The van der Waals surface area contributed by atoms with Crippen LogP contribution in [0, 0.1) is 0 Å². The summed E-state index contributed by atoms with van der Waals surface area (Å²) in [4.78, 5) is 12.6. The van der Waals surface area contributed by atoms with E-state index >= 15 is 0 Å². The van der Waals surface area contributed by atoms with E-state index in [4.69, 9.17) is 10.5 Å². The number of ether oxygens (including phenoxy) is 2. The molecule has 1 aliphatic rings. The Morgan fingerprint density at radius 2 is 1.94 bits per heavy atom. The van der Waals surface area contributed by atoms with Gasteiger partial charge in [-0.1, -0.05) is 30.3 Å². The lowest BCUT2D eigenvalue weighted by molar-refractivity contribution is -0.274. The quantitative estimate of drug-likeness (QED) is 0.522. The van der Waals surface area contributed by atoms with E-state index in [2.05, 4.69) is 15.2 Å². The zero-order valence-electron chi connectivity index (χ0n) is 17.6. The Labute approximate surface area is 188 Å². The average molecular weight is 460 g/mol. The highest BCUT2D eigenvalue weighted by Gasteiger charge is 2.33. The summed E-state index contributed by atoms with van der Waals surface area (Å²) in [5.74, 6) is -1.28. The third-order valence-electron chi connectivity index (χ3n) is 5.24. The molecule has 10 heteroatoms. The molecule has 0 bridgehead atoms. The number of nitrogens with zero attached hydrogens (tertiary/aromatic N) is 2. The minimum absolute atomic E-state index is 0.00135. The van der Waals surface area contributed by atoms with Crippen molar-refractivity contribution in [2.45, 2.75) is 38.4 Å². The molecular weight excluding hydrogens is 437 g/mol. The van der Waals surface area contributed by atoms with Gasteiger partial charge in [-0.3, -0.25) is 4.79 Å². The van der Waals surface area contributed by atoms with Gasteiger partial charge in [-0.25, -0.2) is 4.68 Å². The van der Waals surface area contributed by atoms with E-state index in [0.717, 1.165) is 36.6 Å². The summed E-state index contributed by atoms with van der Waals surface area (Å²) >= 11 is 0. The predicted molar refractivity (Wildman–Crippen MR) is 115 cm³/mol. The number of nitrogens with one attached hydrogen (secondary N) is 1. The van der Waals surface area contributed by atoms with Crippen LogP contribution in [0.3, 0.4) is 0 Å². The van der Waals surface area contributed by atoms with Crippen molar-refractivity contribution in [1.82, 2.24) is 15.1 Å². The van der Waals surface area contributed by atoms with E-state index in [1.807, 2.05) is 18.2 Å². The number of para-hydroxylation sites is 2. The van der Waals surface area contributed by atoms with Gasteiger partial charge >= 0.3 is 6.36 Å². The normalized spacial score (nSPS) is 16.4. The fourth-order valence-electron chi connectivity index (χ4n) is 3.73. The van der Waals surface area contributed by atoms with Gasteiger partial charge in [-0.2, -0.15) is 5.10 Å². The summed E-state index contributed by atoms with van der Waals surface area (Å²) in [5.41, 5.74) is 8.55. The Morgan fingerprint density at radius 1 is 1.18 bits per heavy atom. The van der Waals surface area contributed by atoms with Crippen LogP contribution in [0.2, 0.25) is 0 Å². The fourth-order valence-corrected chi connectivity index (χ4v) is 3.73. The van der Waals surface area contributed by atoms with Crippen LogP contribution in [0.4, 0.5) is 18.9 Å². The highest BCUT2D eigenvalue weighted by molar-refractivity contribution is 5.96. The third-order valence-corrected chi connectivity index (χ3v) is 5.24. The van der Waals surface area contributed by atoms with Crippen LogP contribution in [0.5, 0.6) is 5.75 Å². The Kier molecular flexibility index (Phi) is 6.55. The molecule has 2 heterocycles. The van der Waals surface area contributed by atoms with Gasteiger partial charge in [-0.15, -0.1) is 13.2 Å². The number of halogens is 3. The molecule has 1 atom stereocenters.